The molecular formula is C17H19Cl2N3S. The molecule has 1 aliphatic carbocycles. The van der Waals surface area contributed by atoms with Gasteiger partial charge in [0.05, 0.1) is 10.9 Å². The molecule has 2 heterocycles. The van der Waals surface area contributed by atoms with Crippen molar-refractivity contribution >= 4 is 40.8 Å². The van der Waals surface area contributed by atoms with E-state index in [4.69, 9.17) is 23.2 Å². The van der Waals surface area contributed by atoms with E-state index in [1.807, 2.05) is 35.6 Å². The van der Waals surface area contributed by atoms with Gasteiger partial charge in [0.15, 0.2) is 0 Å². The van der Waals surface area contributed by atoms with Gasteiger partial charge in [-0.3, -0.25) is 4.68 Å². The first-order valence-corrected chi connectivity index (χ1v) is 9.53. The maximum atomic E-state index is 6.55. The molecule has 4 rings (SSSR count). The predicted octanol–water partition coefficient (Wildman–Crippen LogP) is 5.21. The first-order chi connectivity index (χ1) is 11.0. The summed E-state index contributed by atoms with van der Waals surface area (Å²) in [6, 6.07) is 5.84. The fourth-order valence-electron chi connectivity index (χ4n) is 3.59. The highest BCUT2D eigenvalue weighted by Gasteiger charge is 2.44. The van der Waals surface area contributed by atoms with E-state index in [1.165, 1.54) is 24.8 Å². The number of nitrogens with one attached hydrogen (secondary N) is 1. The molecule has 1 unspecified atom stereocenters. The van der Waals surface area contributed by atoms with Crippen LogP contribution in [0, 0.1) is 6.92 Å². The molecule has 1 aliphatic heterocycles. The maximum Gasteiger partial charge on any atom is 0.128 e. The molecule has 0 bridgehead atoms. The Bertz CT molecular complexity index is 767. The summed E-state index contributed by atoms with van der Waals surface area (Å²) < 4.78 is 2.26. The highest BCUT2D eigenvalue weighted by molar-refractivity contribution is 8.01. The van der Waals surface area contributed by atoms with Gasteiger partial charge in [-0.05, 0) is 37.5 Å². The summed E-state index contributed by atoms with van der Waals surface area (Å²) in [6.45, 7) is 3.07. The highest BCUT2D eigenvalue weighted by atomic mass is 35.5. The Hall–Kier alpha value is -0.840. The number of anilines is 1. The molecular weight excluding hydrogens is 349 g/mol. The summed E-state index contributed by atoms with van der Waals surface area (Å²) in [5, 5.41) is 9.88. The summed E-state index contributed by atoms with van der Waals surface area (Å²) in [5.74, 6) is 1.12. The van der Waals surface area contributed by atoms with Gasteiger partial charge in [-0.2, -0.15) is 5.10 Å². The number of nitrogens with zero attached hydrogens (tertiary/aromatic N) is 2. The van der Waals surface area contributed by atoms with Crippen molar-refractivity contribution in [3.05, 3.63) is 45.1 Å². The van der Waals surface area contributed by atoms with Gasteiger partial charge in [0.25, 0.3) is 0 Å². The maximum absolute atomic E-state index is 6.55. The average molecular weight is 368 g/mol. The lowest BCUT2D eigenvalue weighted by atomic mass is 9.84. The number of benzene rings is 1. The van der Waals surface area contributed by atoms with Gasteiger partial charge in [-0.15, -0.1) is 11.8 Å². The molecule has 1 spiro atoms. The Morgan fingerprint density at radius 3 is 2.78 bits per heavy atom. The molecule has 6 heteroatoms. The number of aryl methyl sites for hydroxylation is 2. The summed E-state index contributed by atoms with van der Waals surface area (Å²) in [7, 11) is 2.00. The van der Waals surface area contributed by atoms with E-state index in [0.717, 1.165) is 28.6 Å². The van der Waals surface area contributed by atoms with Crippen LogP contribution in [-0.4, -0.2) is 21.1 Å². The zero-order valence-electron chi connectivity index (χ0n) is 13.2. The minimum Gasteiger partial charge on any atom is -0.369 e. The Kier molecular flexibility index (Phi) is 3.82. The SMILES string of the molecule is Cc1nn(C)c2c1C(c1ccc(Cl)cc1Cl)SC1(CCC1)CN2. The number of fused-ring (bicyclic) bond motifs is 1. The molecule has 1 atom stereocenters. The highest BCUT2D eigenvalue weighted by Crippen LogP contribution is 2.56. The van der Waals surface area contributed by atoms with Crippen molar-refractivity contribution in [2.75, 3.05) is 11.9 Å². The smallest absolute Gasteiger partial charge is 0.128 e. The summed E-state index contributed by atoms with van der Waals surface area (Å²) in [6.07, 6.45) is 3.82. The van der Waals surface area contributed by atoms with E-state index in [1.54, 1.807) is 0 Å². The summed E-state index contributed by atoms with van der Waals surface area (Å²) in [5.41, 5.74) is 3.45. The molecule has 0 radical (unpaired) electrons. The van der Waals surface area contributed by atoms with Crippen molar-refractivity contribution in [1.29, 1.82) is 0 Å². The number of aromatic nitrogens is 2. The fourth-order valence-corrected chi connectivity index (χ4v) is 6.09. The third kappa shape index (κ3) is 2.55. The van der Waals surface area contributed by atoms with E-state index in [0.29, 0.717) is 9.77 Å². The third-order valence-corrected chi connectivity index (χ3v) is 7.33. The van der Waals surface area contributed by atoms with E-state index >= 15 is 0 Å². The molecule has 122 valence electrons. The minimum atomic E-state index is 0.193. The van der Waals surface area contributed by atoms with Gasteiger partial charge >= 0.3 is 0 Å². The van der Waals surface area contributed by atoms with Gasteiger partial charge in [0.1, 0.15) is 5.82 Å². The van der Waals surface area contributed by atoms with Crippen molar-refractivity contribution in [3.63, 3.8) is 0 Å². The van der Waals surface area contributed by atoms with Crippen molar-refractivity contribution in [1.82, 2.24) is 9.78 Å². The van der Waals surface area contributed by atoms with E-state index in [9.17, 15) is 0 Å². The Labute approximate surface area is 150 Å². The minimum absolute atomic E-state index is 0.193. The zero-order valence-corrected chi connectivity index (χ0v) is 15.5. The molecule has 0 amide bonds. The largest absolute Gasteiger partial charge is 0.369 e. The van der Waals surface area contributed by atoms with Crippen LogP contribution in [0.4, 0.5) is 5.82 Å². The lowest BCUT2D eigenvalue weighted by Gasteiger charge is -2.42. The van der Waals surface area contributed by atoms with Crippen LogP contribution in [0.15, 0.2) is 18.2 Å². The van der Waals surface area contributed by atoms with Gasteiger partial charge in [0.2, 0.25) is 0 Å². The number of hydrogen-bond donors (Lipinski definition) is 1. The normalized spacial score (nSPS) is 22.2. The van der Waals surface area contributed by atoms with Crippen LogP contribution in [-0.2, 0) is 7.05 Å². The summed E-state index contributed by atoms with van der Waals surface area (Å²) >= 11 is 14.7. The molecule has 3 nitrogen and oxygen atoms in total. The lowest BCUT2D eigenvalue weighted by Crippen LogP contribution is -2.40. The summed E-state index contributed by atoms with van der Waals surface area (Å²) in [4.78, 5) is 0. The van der Waals surface area contributed by atoms with Crippen molar-refractivity contribution in [2.24, 2.45) is 7.05 Å². The second kappa shape index (κ2) is 5.61. The van der Waals surface area contributed by atoms with Gasteiger partial charge < -0.3 is 5.32 Å². The molecule has 1 aromatic heterocycles. The average Bonchev–Trinajstić information content (AvgIpc) is 2.65. The van der Waals surface area contributed by atoms with Crippen LogP contribution in [0.2, 0.25) is 10.0 Å². The van der Waals surface area contributed by atoms with Crippen LogP contribution < -0.4 is 5.32 Å². The number of rotatable bonds is 1. The molecule has 2 aromatic rings. The molecule has 1 aromatic carbocycles. The monoisotopic (exact) mass is 367 g/mol. The lowest BCUT2D eigenvalue weighted by molar-refractivity contribution is 0.378. The molecule has 2 aliphatic rings. The van der Waals surface area contributed by atoms with Crippen LogP contribution in [0.3, 0.4) is 0 Å². The molecule has 0 saturated heterocycles. The molecule has 1 fully saturated rings. The molecule has 1 saturated carbocycles. The quantitative estimate of drug-likeness (QED) is 0.750. The van der Waals surface area contributed by atoms with Gasteiger partial charge in [-0.1, -0.05) is 35.7 Å². The Morgan fingerprint density at radius 1 is 1.35 bits per heavy atom. The second-order valence-corrected chi connectivity index (χ2v) is 8.94. The first-order valence-electron chi connectivity index (χ1n) is 7.89. The zero-order chi connectivity index (χ0) is 16.2. The van der Waals surface area contributed by atoms with Crippen molar-refractivity contribution in [2.45, 2.75) is 36.2 Å². The van der Waals surface area contributed by atoms with E-state index < -0.39 is 0 Å². The van der Waals surface area contributed by atoms with Crippen LogP contribution in [0.25, 0.3) is 0 Å². The standard InChI is InChI=1S/C17H19Cl2N3S/c1-10-14-15(12-5-4-11(18)8-13(12)19)23-17(6-3-7-17)9-20-16(14)22(2)21-10/h4-5,8,15,20H,3,6-7,9H2,1-2H3. The van der Waals surface area contributed by atoms with Gasteiger partial charge in [-0.25, -0.2) is 0 Å². The van der Waals surface area contributed by atoms with Crippen LogP contribution in [0.1, 0.15) is 41.3 Å². The number of thioether (sulfide) groups is 1. The van der Waals surface area contributed by atoms with Crippen molar-refractivity contribution < 1.29 is 0 Å². The predicted molar refractivity (Wildman–Crippen MR) is 98.9 cm³/mol. The first kappa shape index (κ1) is 15.7. The van der Waals surface area contributed by atoms with E-state index in [2.05, 4.69) is 23.4 Å². The Balaban J connectivity index is 1.87. The second-order valence-electron chi connectivity index (χ2n) is 6.53. The van der Waals surface area contributed by atoms with Gasteiger partial charge in [0, 0.05) is 33.9 Å². The molecule has 1 N–H and O–H groups in total. The van der Waals surface area contributed by atoms with Crippen molar-refractivity contribution in [3.8, 4) is 0 Å². The van der Waals surface area contributed by atoms with Crippen LogP contribution >= 0.6 is 35.0 Å². The van der Waals surface area contributed by atoms with Crippen LogP contribution in [0.5, 0.6) is 0 Å². The Morgan fingerprint density at radius 2 is 2.13 bits per heavy atom. The number of hydrogen-bond acceptors (Lipinski definition) is 3. The molecule has 23 heavy (non-hydrogen) atoms. The fraction of sp³-hybridized carbons (Fsp3) is 0.471. The topological polar surface area (TPSA) is 29.9 Å². The number of halogens is 2. The third-order valence-electron chi connectivity index (χ3n) is 4.99. The van der Waals surface area contributed by atoms with E-state index in [-0.39, 0.29) is 5.25 Å².